The molecular weight excluding hydrogens is 462 g/mol. The molecule has 1 aliphatic rings. The van der Waals surface area contributed by atoms with E-state index in [1.54, 1.807) is 0 Å². The van der Waals surface area contributed by atoms with Gasteiger partial charge in [0, 0.05) is 19.2 Å². The molecule has 2 aromatic carbocycles. The number of rotatable bonds is 8. The van der Waals surface area contributed by atoms with Crippen molar-refractivity contribution in [3.63, 3.8) is 0 Å². The van der Waals surface area contributed by atoms with Gasteiger partial charge in [0.15, 0.2) is 0 Å². The molecule has 3 amide bonds. The first-order valence-electron chi connectivity index (χ1n) is 10.2. The van der Waals surface area contributed by atoms with E-state index in [0.29, 0.717) is 5.69 Å². The van der Waals surface area contributed by atoms with Crippen molar-refractivity contribution in [2.45, 2.75) is 24.3 Å². The van der Waals surface area contributed by atoms with Gasteiger partial charge in [-0.1, -0.05) is 6.08 Å². The Labute approximate surface area is 196 Å². The maximum absolute atomic E-state index is 13.3. The number of methoxy groups -OCH3 is 1. The normalized spacial score (nSPS) is 16.0. The van der Waals surface area contributed by atoms with Crippen LogP contribution in [-0.2, 0) is 29.1 Å². The lowest BCUT2D eigenvalue weighted by molar-refractivity contribution is -0.122. The number of carbonyl (C=O) groups excluding carboxylic acids is 4. The van der Waals surface area contributed by atoms with E-state index >= 15 is 0 Å². The van der Waals surface area contributed by atoms with E-state index in [-0.39, 0.29) is 35.0 Å². The fraction of sp³-hybridized carbons (Fsp3) is 0.217. The van der Waals surface area contributed by atoms with Crippen LogP contribution in [0.4, 0.5) is 11.4 Å². The molecule has 3 rings (SSSR count). The molecule has 11 heteroatoms. The summed E-state index contributed by atoms with van der Waals surface area (Å²) in [6, 6.07) is 9.84. The predicted molar refractivity (Wildman–Crippen MR) is 124 cm³/mol. The minimum absolute atomic E-state index is 0.107. The molecule has 1 saturated heterocycles. The van der Waals surface area contributed by atoms with Crippen LogP contribution in [0.1, 0.15) is 23.7 Å². The minimum atomic E-state index is -4.19. The molecule has 1 atom stereocenters. The Morgan fingerprint density at radius 2 is 1.76 bits per heavy atom. The van der Waals surface area contributed by atoms with E-state index in [1.165, 1.54) is 68.6 Å². The van der Waals surface area contributed by atoms with Crippen molar-refractivity contribution in [3.05, 3.63) is 66.7 Å². The van der Waals surface area contributed by atoms with Gasteiger partial charge in [-0.25, -0.2) is 18.1 Å². The number of nitrogens with zero attached hydrogens (tertiary/aromatic N) is 2. The molecule has 2 aromatic rings. The predicted octanol–water partition coefficient (Wildman–Crippen LogP) is 1.94. The number of esters is 1. The molecule has 0 aromatic heterocycles. The summed E-state index contributed by atoms with van der Waals surface area (Å²) in [5.41, 5.74) is 0.858. The topological polar surface area (TPSA) is 130 Å². The summed E-state index contributed by atoms with van der Waals surface area (Å²) in [5, 5.41) is 2.55. The average molecular weight is 486 g/mol. The highest BCUT2D eigenvalue weighted by molar-refractivity contribution is 7.89. The van der Waals surface area contributed by atoms with Crippen LogP contribution in [0.3, 0.4) is 0 Å². The van der Waals surface area contributed by atoms with Crippen LogP contribution in [0.5, 0.6) is 0 Å². The maximum atomic E-state index is 13.3. The van der Waals surface area contributed by atoms with Crippen LogP contribution in [0.15, 0.2) is 66.1 Å². The van der Waals surface area contributed by atoms with E-state index < -0.39 is 33.8 Å². The van der Waals surface area contributed by atoms with Crippen LogP contribution in [0, 0.1) is 0 Å². The number of ether oxygens (including phenoxy) is 1. The maximum Gasteiger partial charge on any atom is 0.337 e. The summed E-state index contributed by atoms with van der Waals surface area (Å²) in [5.74, 6) is -2.17. The number of imide groups is 1. The highest BCUT2D eigenvalue weighted by Gasteiger charge is 2.46. The zero-order valence-corrected chi connectivity index (χ0v) is 19.4. The van der Waals surface area contributed by atoms with Crippen LogP contribution in [-0.4, -0.2) is 56.1 Å². The zero-order valence-electron chi connectivity index (χ0n) is 18.6. The summed E-state index contributed by atoms with van der Waals surface area (Å²) in [4.78, 5) is 49.5. The van der Waals surface area contributed by atoms with Gasteiger partial charge in [-0.2, -0.15) is 4.31 Å². The fourth-order valence-electron chi connectivity index (χ4n) is 3.55. The molecule has 1 heterocycles. The van der Waals surface area contributed by atoms with Gasteiger partial charge in [-0.3, -0.25) is 14.4 Å². The van der Waals surface area contributed by atoms with E-state index in [1.807, 2.05) is 0 Å². The van der Waals surface area contributed by atoms with Crippen molar-refractivity contribution in [3.8, 4) is 0 Å². The van der Waals surface area contributed by atoms with Crippen molar-refractivity contribution >= 4 is 45.1 Å². The third kappa shape index (κ3) is 4.90. The quantitative estimate of drug-likeness (QED) is 0.344. The molecular formula is C23H23N3O7S. The number of hydrogen-bond donors (Lipinski definition) is 1. The van der Waals surface area contributed by atoms with Crippen molar-refractivity contribution < 1.29 is 32.3 Å². The highest BCUT2D eigenvalue weighted by Crippen LogP contribution is 2.30. The third-order valence-corrected chi connectivity index (χ3v) is 7.00. The summed E-state index contributed by atoms with van der Waals surface area (Å²) < 4.78 is 32.3. The van der Waals surface area contributed by atoms with Crippen molar-refractivity contribution in [1.82, 2.24) is 4.31 Å². The van der Waals surface area contributed by atoms with E-state index in [4.69, 9.17) is 0 Å². The Hall–Kier alpha value is -3.83. The number of benzene rings is 2. The summed E-state index contributed by atoms with van der Waals surface area (Å²) in [6.45, 7) is 4.70. The molecule has 34 heavy (non-hydrogen) atoms. The van der Waals surface area contributed by atoms with Crippen LogP contribution in [0.25, 0.3) is 0 Å². The molecule has 0 aliphatic carbocycles. The van der Waals surface area contributed by atoms with E-state index in [9.17, 15) is 27.6 Å². The highest BCUT2D eigenvalue weighted by atomic mass is 32.2. The van der Waals surface area contributed by atoms with Gasteiger partial charge in [-0.05, 0) is 48.5 Å². The molecule has 1 N–H and O–H groups in total. The van der Waals surface area contributed by atoms with Gasteiger partial charge < -0.3 is 10.1 Å². The summed E-state index contributed by atoms with van der Waals surface area (Å²) >= 11 is 0. The van der Waals surface area contributed by atoms with Gasteiger partial charge >= 0.3 is 5.97 Å². The van der Waals surface area contributed by atoms with Gasteiger partial charge in [0.1, 0.15) is 6.04 Å². The number of anilines is 2. The molecule has 0 radical (unpaired) electrons. The first kappa shape index (κ1) is 24.8. The molecule has 1 fully saturated rings. The van der Waals surface area contributed by atoms with Crippen molar-refractivity contribution in [1.29, 1.82) is 0 Å². The molecule has 0 spiro atoms. The fourth-order valence-corrected chi connectivity index (χ4v) is 5.10. The minimum Gasteiger partial charge on any atom is -0.465 e. The lowest BCUT2D eigenvalue weighted by atomic mass is 10.2. The molecule has 1 unspecified atom stereocenters. The lowest BCUT2D eigenvalue weighted by Crippen LogP contribution is -2.45. The van der Waals surface area contributed by atoms with Gasteiger partial charge in [0.05, 0.1) is 29.7 Å². The van der Waals surface area contributed by atoms with E-state index in [2.05, 4.69) is 16.6 Å². The number of nitrogens with one attached hydrogen (secondary N) is 1. The Bertz CT molecular complexity index is 1240. The third-order valence-electron chi connectivity index (χ3n) is 5.11. The molecule has 0 bridgehead atoms. The van der Waals surface area contributed by atoms with Gasteiger partial charge in [0.2, 0.25) is 21.8 Å². The lowest BCUT2D eigenvalue weighted by Gasteiger charge is -2.25. The monoisotopic (exact) mass is 485 g/mol. The van der Waals surface area contributed by atoms with Gasteiger partial charge in [-0.15, -0.1) is 6.58 Å². The number of carbonyl (C=O) groups is 4. The second-order valence-corrected chi connectivity index (χ2v) is 9.29. The number of sulfonamides is 1. The average Bonchev–Trinajstić information content (AvgIpc) is 3.10. The van der Waals surface area contributed by atoms with Crippen LogP contribution < -0.4 is 10.2 Å². The molecule has 10 nitrogen and oxygen atoms in total. The Kier molecular flexibility index (Phi) is 7.28. The molecule has 178 valence electrons. The first-order valence-corrected chi connectivity index (χ1v) is 11.6. The molecule has 0 saturated carbocycles. The standard InChI is InChI=1S/C23H23N3O7S/c1-4-13-25(34(31,32)19-11-7-17(8-12-19)24-15(2)27)20-14-21(28)26(22(20)29)18-9-5-16(6-10-18)23(30)33-3/h4-12,20H,1,13-14H2,2-3H3,(H,24,27). The second-order valence-electron chi connectivity index (χ2n) is 7.39. The van der Waals surface area contributed by atoms with Crippen LogP contribution >= 0.6 is 0 Å². The first-order chi connectivity index (χ1) is 16.1. The van der Waals surface area contributed by atoms with Crippen LogP contribution in [0.2, 0.25) is 0 Å². The SMILES string of the molecule is C=CCN(C1CC(=O)N(c2ccc(C(=O)OC)cc2)C1=O)S(=O)(=O)c1ccc(NC(C)=O)cc1. The largest absolute Gasteiger partial charge is 0.465 e. The van der Waals surface area contributed by atoms with Gasteiger partial charge in [0.25, 0.3) is 5.91 Å². The number of amides is 3. The van der Waals surface area contributed by atoms with E-state index in [0.717, 1.165) is 9.21 Å². The molecule has 1 aliphatic heterocycles. The Morgan fingerprint density at radius 3 is 2.29 bits per heavy atom. The number of hydrogen-bond acceptors (Lipinski definition) is 7. The van der Waals surface area contributed by atoms with Crippen molar-refractivity contribution in [2.24, 2.45) is 0 Å². The summed E-state index contributed by atoms with van der Waals surface area (Å²) in [7, 11) is -2.95. The Balaban J connectivity index is 1.90. The summed E-state index contributed by atoms with van der Waals surface area (Å²) in [6.07, 6.45) is 0.976. The zero-order chi connectivity index (χ0) is 25.0. The van der Waals surface area contributed by atoms with Crippen molar-refractivity contribution in [2.75, 3.05) is 23.9 Å². The second kappa shape index (κ2) is 9.98. The smallest absolute Gasteiger partial charge is 0.337 e. The Morgan fingerprint density at radius 1 is 1.15 bits per heavy atom.